The highest BCUT2D eigenvalue weighted by atomic mass is 32.1. The highest BCUT2D eigenvalue weighted by Crippen LogP contribution is 2.27. The first kappa shape index (κ1) is 12.3. The van der Waals surface area contributed by atoms with Gasteiger partial charge in [0.05, 0.1) is 22.3 Å². The number of nitrogens with two attached hydrogens (primary N) is 1. The van der Waals surface area contributed by atoms with Crippen molar-refractivity contribution in [2.45, 2.75) is 19.8 Å². The van der Waals surface area contributed by atoms with Gasteiger partial charge in [-0.2, -0.15) is 0 Å². The molecule has 3 nitrogen and oxygen atoms in total. The Balaban J connectivity index is 2.14. The van der Waals surface area contributed by atoms with Crippen LogP contribution in [0.4, 0.5) is 0 Å². The number of hydrogen-bond acceptors (Lipinski definition) is 4. The molecule has 1 unspecified atom stereocenters. The normalized spacial score (nSPS) is 12.9. The van der Waals surface area contributed by atoms with Gasteiger partial charge in [-0.05, 0) is 43.5 Å². The molecule has 17 heavy (non-hydrogen) atoms. The Morgan fingerprint density at radius 2 is 2.29 bits per heavy atom. The van der Waals surface area contributed by atoms with Gasteiger partial charge in [-0.25, -0.2) is 4.98 Å². The van der Waals surface area contributed by atoms with Crippen molar-refractivity contribution in [2.24, 2.45) is 11.7 Å². The molecule has 1 aromatic carbocycles. The van der Waals surface area contributed by atoms with E-state index in [1.54, 1.807) is 18.4 Å². The van der Waals surface area contributed by atoms with Gasteiger partial charge in [0.2, 0.25) is 0 Å². The van der Waals surface area contributed by atoms with Crippen LogP contribution in [0.25, 0.3) is 10.2 Å². The predicted molar refractivity (Wildman–Crippen MR) is 72.7 cm³/mol. The molecule has 2 rings (SSSR count). The molecule has 1 atom stereocenters. The number of methoxy groups -OCH3 is 1. The molecule has 0 amide bonds. The fraction of sp³-hybridized carbons (Fsp3) is 0.462. The van der Waals surface area contributed by atoms with E-state index in [1.807, 2.05) is 18.2 Å². The smallest absolute Gasteiger partial charge is 0.120 e. The van der Waals surface area contributed by atoms with E-state index in [1.165, 1.54) is 9.71 Å². The first-order valence-electron chi connectivity index (χ1n) is 5.86. The average Bonchev–Trinajstić information content (AvgIpc) is 2.77. The number of hydrogen-bond donors (Lipinski definition) is 1. The summed E-state index contributed by atoms with van der Waals surface area (Å²) >= 11 is 1.75. The Kier molecular flexibility index (Phi) is 3.97. The zero-order valence-corrected chi connectivity index (χ0v) is 11.1. The first-order valence-corrected chi connectivity index (χ1v) is 6.68. The van der Waals surface area contributed by atoms with Crippen LogP contribution in [0.15, 0.2) is 18.2 Å². The van der Waals surface area contributed by atoms with E-state index in [-0.39, 0.29) is 0 Å². The number of aryl methyl sites for hydroxylation is 1. The third kappa shape index (κ3) is 2.96. The summed E-state index contributed by atoms with van der Waals surface area (Å²) in [7, 11) is 1.69. The van der Waals surface area contributed by atoms with Crippen LogP contribution in [0.1, 0.15) is 18.4 Å². The fourth-order valence-electron chi connectivity index (χ4n) is 1.67. The lowest BCUT2D eigenvalue weighted by atomic mass is 10.1. The summed E-state index contributed by atoms with van der Waals surface area (Å²) in [5.41, 5.74) is 6.68. The van der Waals surface area contributed by atoms with Crippen molar-refractivity contribution in [3.8, 4) is 5.75 Å². The fourth-order valence-corrected chi connectivity index (χ4v) is 2.69. The van der Waals surface area contributed by atoms with Crippen LogP contribution in [0.5, 0.6) is 5.75 Å². The van der Waals surface area contributed by atoms with Crippen molar-refractivity contribution in [1.29, 1.82) is 0 Å². The van der Waals surface area contributed by atoms with Gasteiger partial charge in [0, 0.05) is 0 Å². The Hall–Kier alpha value is -1.13. The second-order valence-corrected chi connectivity index (χ2v) is 5.44. The van der Waals surface area contributed by atoms with Crippen molar-refractivity contribution in [3.05, 3.63) is 23.2 Å². The number of benzene rings is 1. The van der Waals surface area contributed by atoms with Crippen LogP contribution >= 0.6 is 11.3 Å². The molecule has 1 heterocycles. The highest BCUT2D eigenvalue weighted by Gasteiger charge is 2.06. The number of aromatic nitrogens is 1. The maximum absolute atomic E-state index is 5.62. The first-order chi connectivity index (χ1) is 8.22. The topological polar surface area (TPSA) is 48.1 Å². The van der Waals surface area contributed by atoms with Gasteiger partial charge < -0.3 is 10.5 Å². The maximum Gasteiger partial charge on any atom is 0.120 e. The van der Waals surface area contributed by atoms with Gasteiger partial charge in [-0.15, -0.1) is 11.3 Å². The molecule has 0 aliphatic rings. The van der Waals surface area contributed by atoms with Gasteiger partial charge in [0.25, 0.3) is 0 Å². The van der Waals surface area contributed by atoms with Crippen molar-refractivity contribution >= 4 is 21.6 Å². The van der Waals surface area contributed by atoms with E-state index in [2.05, 4.69) is 11.9 Å². The van der Waals surface area contributed by atoms with E-state index in [0.29, 0.717) is 5.92 Å². The molecular formula is C13H18N2OS. The monoisotopic (exact) mass is 250 g/mol. The van der Waals surface area contributed by atoms with E-state index in [9.17, 15) is 0 Å². The summed E-state index contributed by atoms with van der Waals surface area (Å²) in [6.45, 7) is 2.93. The molecule has 0 fully saturated rings. The molecule has 1 aromatic heterocycles. The number of nitrogens with zero attached hydrogens (tertiary/aromatic N) is 1. The summed E-state index contributed by atoms with van der Waals surface area (Å²) in [4.78, 5) is 4.62. The second kappa shape index (κ2) is 5.47. The Labute approximate surface area is 106 Å². The molecule has 0 radical (unpaired) electrons. The van der Waals surface area contributed by atoms with Gasteiger partial charge in [0.1, 0.15) is 5.75 Å². The number of ether oxygens (including phenoxy) is 1. The van der Waals surface area contributed by atoms with Crippen molar-refractivity contribution in [2.75, 3.05) is 13.7 Å². The molecule has 2 N–H and O–H groups in total. The molecule has 92 valence electrons. The summed E-state index contributed by atoms with van der Waals surface area (Å²) in [5, 5.41) is 1.19. The zero-order chi connectivity index (χ0) is 12.3. The van der Waals surface area contributed by atoms with E-state index in [0.717, 1.165) is 30.7 Å². The van der Waals surface area contributed by atoms with Crippen molar-refractivity contribution < 1.29 is 4.74 Å². The molecule has 2 aromatic rings. The Morgan fingerprint density at radius 1 is 1.47 bits per heavy atom. The number of fused-ring (bicyclic) bond motifs is 1. The van der Waals surface area contributed by atoms with Crippen LogP contribution in [0, 0.1) is 5.92 Å². The van der Waals surface area contributed by atoms with E-state index in [4.69, 9.17) is 10.5 Å². The minimum absolute atomic E-state index is 0.566. The lowest BCUT2D eigenvalue weighted by Gasteiger charge is -2.04. The van der Waals surface area contributed by atoms with Crippen LogP contribution in [0.2, 0.25) is 0 Å². The zero-order valence-electron chi connectivity index (χ0n) is 10.3. The lowest BCUT2D eigenvalue weighted by Crippen LogP contribution is -2.11. The summed E-state index contributed by atoms with van der Waals surface area (Å²) in [5.74, 6) is 1.46. The largest absolute Gasteiger partial charge is 0.497 e. The van der Waals surface area contributed by atoms with E-state index >= 15 is 0 Å². The van der Waals surface area contributed by atoms with Gasteiger partial charge in [-0.3, -0.25) is 0 Å². The average molecular weight is 250 g/mol. The van der Waals surface area contributed by atoms with Gasteiger partial charge in [-0.1, -0.05) is 6.92 Å². The third-order valence-electron chi connectivity index (χ3n) is 2.89. The predicted octanol–water partition coefficient (Wildman–Crippen LogP) is 2.83. The Bertz CT molecular complexity index is 495. The van der Waals surface area contributed by atoms with Crippen LogP contribution < -0.4 is 10.5 Å². The van der Waals surface area contributed by atoms with Crippen LogP contribution in [0.3, 0.4) is 0 Å². The second-order valence-electron chi connectivity index (χ2n) is 4.32. The van der Waals surface area contributed by atoms with Crippen molar-refractivity contribution in [1.82, 2.24) is 4.98 Å². The summed E-state index contributed by atoms with van der Waals surface area (Å²) < 4.78 is 6.40. The minimum Gasteiger partial charge on any atom is -0.497 e. The minimum atomic E-state index is 0.566. The Morgan fingerprint density at radius 3 is 3.00 bits per heavy atom. The SMILES string of the molecule is COc1ccc2nc(CCC(C)CN)sc2c1. The molecular weight excluding hydrogens is 232 g/mol. The van der Waals surface area contributed by atoms with Gasteiger partial charge in [0.15, 0.2) is 0 Å². The van der Waals surface area contributed by atoms with Crippen molar-refractivity contribution in [3.63, 3.8) is 0 Å². The molecule has 0 aliphatic carbocycles. The quantitative estimate of drug-likeness (QED) is 0.887. The molecule has 0 spiro atoms. The number of thiazole rings is 1. The van der Waals surface area contributed by atoms with Crippen LogP contribution in [-0.4, -0.2) is 18.6 Å². The highest BCUT2D eigenvalue weighted by molar-refractivity contribution is 7.18. The van der Waals surface area contributed by atoms with Crippen LogP contribution in [-0.2, 0) is 6.42 Å². The third-order valence-corrected chi connectivity index (χ3v) is 3.97. The standard InChI is InChI=1S/C13H18N2OS/c1-9(8-14)3-6-13-15-11-5-4-10(16-2)7-12(11)17-13/h4-5,7,9H,3,6,8,14H2,1-2H3. The molecule has 4 heteroatoms. The molecule has 0 saturated heterocycles. The van der Waals surface area contributed by atoms with Gasteiger partial charge >= 0.3 is 0 Å². The molecule has 0 bridgehead atoms. The van der Waals surface area contributed by atoms with E-state index < -0.39 is 0 Å². The summed E-state index contributed by atoms with van der Waals surface area (Å²) in [6.07, 6.45) is 2.12. The lowest BCUT2D eigenvalue weighted by molar-refractivity contribution is 0.415. The molecule has 0 saturated carbocycles. The maximum atomic E-state index is 5.62. The number of rotatable bonds is 5. The summed E-state index contributed by atoms with van der Waals surface area (Å²) in [6, 6.07) is 6.01. The molecule has 0 aliphatic heterocycles.